The Bertz CT molecular complexity index is 767. The first-order chi connectivity index (χ1) is 9.79. The van der Waals surface area contributed by atoms with Crippen molar-refractivity contribution in [2.75, 3.05) is 11.6 Å². The lowest BCUT2D eigenvalue weighted by Gasteiger charge is -2.12. The Balaban J connectivity index is 2.41. The highest BCUT2D eigenvalue weighted by Gasteiger charge is 2.18. The molecule has 0 bridgehead atoms. The van der Waals surface area contributed by atoms with Gasteiger partial charge >= 0.3 is 0 Å². The van der Waals surface area contributed by atoms with Crippen LogP contribution in [0.1, 0.15) is 23.0 Å². The maximum atomic E-state index is 11.7. The molecule has 0 saturated carbocycles. The minimum Gasteiger partial charge on any atom is -0.467 e. The number of furan rings is 1. The van der Waals surface area contributed by atoms with Gasteiger partial charge in [0.05, 0.1) is 22.7 Å². The van der Waals surface area contributed by atoms with Crippen molar-refractivity contribution in [1.29, 1.82) is 0 Å². The van der Waals surface area contributed by atoms with E-state index in [0.717, 1.165) is 6.26 Å². The molecule has 0 aliphatic rings. The summed E-state index contributed by atoms with van der Waals surface area (Å²) in [4.78, 5) is 11.7. The molecule has 1 aromatic carbocycles. The zero-order chi connectivity index (χ0) is 15.6. The second-order valence-corrected chi connectivity index (χ2v) is 6.98. The zero-order valence-electron chi connectivity index (χ0n) is 11.5. The van der Waals surface area contributed by atoms with Crippen molar-refractivity contribution in [3.05, 3.63) is 46.9 Å². The number of carbonyl (C=O) groups is 1. The molecular weight excluding hydrogens is 314 g/mol. The molecule has 0 spiro atoms. The molecule has 0 atom stereocenters. The van der Waals surface area contributed by atoms with Crippen LogP contribution in [0.5, 0.6) is 0 Å². The first kappa shape index (κ1) is 15.6. The number of rotatable bonds is 5. The summed E-state index contributed by atoms with van der Waals surface area (Å²) in [6.07, 6.45) is 2.59. The van der Waals surface area contributed by atoms with E-state index >= 15 is 0 Å². The summed E-state index contributed by atoms with van der Waals surface area (Å²) in [5.41, 5.74) is 0.739. The van der Waals surface area contributed by atoms with Crippen LogP contribution in [0.4, 0.5) is 5.69 Å². The topological polar surface area (TPSA) is 76.4 Å². The van der Waals surface area contributed by atoms with Gasteiger partial charge in [-0.2, -0.15) is 0 Å². The molecule has 7 heteroatoms. The second-order valence-electron chi connectivity index (χ2n) is 4.59. The normalized spacial score (nSPS) is 11.4. The highest BCUT2D eigenvalue weighted by Crippen LogP contribution is 2.29. The van der Waals surface area contributed by atoms with Crippen LogP contribution in [0.15, 0.2) is 39.8 Å². The predicted octanol–water partition coefficient (Wildman–Crippen LogP) is 3.15. The van der Waals surface area contributed by atoms with Gasteiger partial charge in [0.2, 0.25) is 0 Å². The minimum atomic E-state index is -3.49. The summed E-state index contributed by atoms with van der Waals surface area (Å²) < 4.78 is 28.5. The van der Waals surface area contributed by atoms with E-state index in [1.165, 1.54) is 19.1 Å². The lowest BCUT2D eigenvalue weighted by molar-refractivity contribution is 0.101. The first-order valence-corrected chi connectivity index (χ1v) is 8.37. The fourth-order valence-corrected chi connectivity index (χ4v) is 3.20. The number of carbonyl (C=O) groups excluding carboxylic acids is 1. The number of ketones is 1. The first-order valence-electron chi connectivity index (χ1n) is 6.10. The predicted molar refractivity (Wildman–Crippen MR) is 80.6 cm³/mol. The maximum Gasteiger partial charge on any atom is 0.177 e. The van der Waals surface area contributed by atoms with E-state index in [-0.39, 0.29) is 21.3 Å². The largest absolute Gasteiger partial charge is 0.467 e. The van der Waals surface area contributed by atoms with Crippen LogP contribution in [-0.4, -0.2) is 20.5 Å². The highest BCUT2D eigenvalue weighted by atomic mass is 35.5. The van der Waals surface area contributed by atoms with E-state index in [2.05, 4.69) is 5.32 Å². The van der Waals surface area contributed by atoms with Crippen molar-refractivity contribution in [2.45, 2.75) is 18.4 Å². The highest BCUT2D eigenvalue weighted by molar-refractivity contribution is 7.90. The van der Waals surface area contributed by atoms with Crippen LogP contribution in [0.2, 0.25) is 5.02 Å². The number of hydrogen-bond donors (Lipinski definition) is 1. The molecule has 2 rings (SSSR count). The summed E-state index contributed by atoms with van der Waals surface area (Å²) in [5.74, 6) is 0.436. The third-order valence-electron chi connectivity index (χ3n) is 2.88. The van der Waals surface area contributed by atoms with E-state index < -0.39 is 9.84 Å². The SMILES string of the molecule is CC(=O)c1cc(S(C)(=O)=O)c(Cl)cc1NCc1ccco1. The van der Waals surface area contributed by atoms with E-state index in [4.69, 9.17) is 16.0 Å². The molecule has 112 valence electrons. The molecule has 0 aliphatic carbocycles. The third kappa shape index (κ3) is 3.65. The number of anilines is 1. The summed E-state index contributed by atoms with van der Waals surface area (Å²) >= 11 is 6.00. The van der Waals surface area contributed by atoms with Crippen LogP contribution in [0.25, 0.3) is 0 Å². The molecular formula is C14H14ClNO4S. The van der Waals surface area contributed by atoms with Gasteiger partial charge in [-0.05, 0) is 31.2 Å². The van der Waals surface area contributed by atoms with Crippen LogP contribution >= 0.6 is 11.6 Å². The number of Topliss-reactive ketones (excluding diaryl/α,β-unsaturated/α-hetero) is 1. The van der Waals surface area contributed by atoms with Gasteiger partial charge in [0.25, 0.3) is 0 Å². The number of nitrogens with one attached hydrogen (secondary N) is 1. The van der Waals surface area contributed by atoms with Crippen molar-refractivity contribution in [3.63, 3.8) is 0 Å². The van der Waals surface area contributed by atoms with E-state index in [0.29, 0.717) is 18.0 Å². The van der Waals surface area contributed by atoms with E-state index in [9.17, 15) is 13.2 Å². The summed E-state index contributed by atoms with van der Waals surface area (Å²) in [6, 6.07) is 6.28. The lowest BCUT2D eigenvalue weighted by Crippen LogP contribution is -2.08. The van der Waals surface area contributed by atoms with E-state index in [1.54, 1.807) is 18.4 Å². The van der Waals surface area contributed by atoms with Gasteiger partial charge < -0.3 is 9.73 Å². The molecule has 0 amide bonds. The Morgan fingerprint density at radius 1 is 1.38 bits per heavy atom. The molecule has 5 nitrogen and oxygen atoms in total. The third-order valence-corrected chi connectivity index (χ3v) is 4.45. The summed E-state index contributed by atoms with van der Waals surface area (Å²) in [6.45, 7) is 1.73. The van der Waals surface area contributed by atoms with Crippen molar-refractivity contribution >= 4 is 32.9 Å². The van der Waals surface area contributed by atoms with E-state index in [1.807, 2.05) is 0 Å². The van der Waals surface area contributed by atoms with Gasteiger partial charge in [-0.1, -0.05) is 11.6 Å². The average molecular weight is 328 g/mol. The molecule has 21 heavy (non-hydrogen) atoms. The number of benzene rings is 1. The van der Waals surface area contributed by atoms with Crippen LogP contribution in [-0.2, 0) is 16.4 Å². The van der Waals surface area contributed by atoms with Gasteiger partial charge in [0.15, 0.2) is 15.6 Å². The average Bonchev–Trinajstić information content (AvgIpc) is 2.87. The fraction of sp³-hybridized carbons (Fsp3) is 0.214. The Kier molecular flexibility index (Phi) is 4.39. The van der Waals surface area contributed by atoms with Crippen molar-refractivity contribution in [2.24, 2.45) is 0 Å². The number of hydrogen-bond acceptors (Lipinski definition) is 5. The molecule has 0 radical (unpaired) electrons. The second kappa shape index (κ2) is 5.91. The molecule has 1 aromatic heterocycles. The van der Waals surface area contributed by atoms with Crippen LogP contribution < -0.4 is 5.32 Å². The molecule has 0 fully saturated rings. The standard InChI is InChI=1S/C14H14ClNO4S/c1-9(17)11-6-14(21(2,18)19)12(15)7-13(11)16-8-10-4-3-5-20-10/h3-7,16H,8H2,1-2H3. The van der Waals surface area contributed by atoms with Gasteiger partial charge in [0, 0.05) is 17.5 Å². The van der Waals surface area contributed by atoms with Crippen LogP contribution in [0, 0.1) is 0 Å². The fourth-order valence-electron chi connectivity index (χ4n) is 1.87. The van der Waals surface area contributed by atoms with Gasteiger partial charge in [-0.25, -0.2) is 8.42 Å². The monoisotopic (exact) mass is 327 g/mol. The maximum absolute atomic E-state index is 11.7. The number of halogens is 1. The molecule has 1 N–H and O–H groups in total. The Hall–Kier alpha value is -1.79. The van der Waals surface area contributed by atoms with Crippen LogP contribution in [0.3, 0.4) is 0 Å². The molecule has 0 unspecified atom stereocenters. The van der Waals surface area contributed by atoms with Crippen molar-refractivity contribution < 1.29 is 17.6 Å². The smallest absolute Gasteiger partial charge is 0.177 e. The minimum absolute atomic E-state index is 0.0575. The van der Waals surface area contributed by atoms with Gasteiger partial charge in [-0.3, -0.25) is 4.79 Å². The van der Waals surface area contributed by atoms with Gasteiger partial charge in [0.1, 0.15) is 5.76 Å². The molecule has 1 heterocycles. The summed E-state index contributed by atoms with van der Waals surface area (Å²) in [7, 11) is -3.49. The molecule has 0 aliphatic heterocycles. The quantitative estimate of drug-likeness (QED) is 0.854. The molecule has 0 saturated heterocycles. The van der Waals surface area contributed by atoms with Crippen molar-refractivity contribution in [1.82, 2.24) is 0 Å². The number of sulfone groups is 1. The van der Waals surface area contributed by atoms with Gasteiger partial charge in [-0.15, -0.1) is 0 Å². The Labute approximate surface area is 127 Å². The lowest BCUT2D eigenvalue weighted by atomic mass is 10.1. The summed E-state index contributed by atoms with van der Waals surface area (Å²) in [5, 5.41) is 3.10. The Morgan fingerprint density at radius 3 is 2.62 bits per heavy atom. The van der Waals surface area contributed by atoms with Crippen molar-refractivity contribution in [3.8, 4) is 0 Å². The zero-order valence-corrected chi connectivity index (χ0v) is 13.1. The molecule has 2 aromatic rings. The Morgan fingerprint density at radius 2 is 2.10 bits per heavy atom.